The second-order valence-corrected chi connectivity index (χ2v) is 6.17. The Morgan fingerprint density at radius 3 is 2.89 bits per heavy atom. The van der Waals surface area contributed by atoms with Crippen molar-refractivity contribution in [3.8, 4) is 0 Å². The van der Waals surface area contributed by atoms with Gasteiger partial charge in [0.25, 0.3) is 5.91 Å². The number of hydrogen-bond donors (Lipinski definition) is 2. The first kappa shape index (κ1) is 12.4. The number of nitrogens with one attached hydrogen (secondary N) is 1. The van der Waals surface area contributed by atoms with Gasteiger partial charge in [-0.3, -0.25) is 4.79 Å². The molecule has 4 heteroatoms. The van der Waals surface area contributed by atoms with E-state index >= 15 is 0 Å². The molecule has 1 unspecified atom stereocenters. The van der Waals surface area contributed by atoms with E-state index in [4.69, 9.17) is 5.73 Å². The predicted molar refractivity (Wildman–Crippen MR) is 77.6 cm³/mol. The van der Waals surface area contributed by atoms with Crippen LogP contribution in [0.1, 0.15) is 37.3 Å². The number of thiophene rings is 1. The molecule has 0 fully saturated rings. The Balaban J connectivity index is 1.97. The van der Waals surface area contributed by atoms with Gasteiger partial charge in [-0.25, -0.2) is 0 Å². The van der Waals surface area contributed by atoms with Crippen molar-refractivity contribution >= 4 is 17.2 Å². The molecule has 0 saturated carbocycles. The minimum absolute atomic E-state index is 0.0117. The van der Waals surface area contributed by atoms with E-state index in [-0.39, 0.29) is 11.9 Å². The van der Waals surface area contributed by atoms with Crippen LogP contribution in [0.15, 0.2) is 30.3 Å². The number of hydrogen-bond acceptors (Lipinski definition) is 3. The molecule has 0 bridgehead atoms. The van der Waals surface area contributed by atoms with Gasteiger partial charge in [-0.2, -0.15) is 0 Å². The molecule has 1 atom stereocenters. The lowest BCUT2D eigenvalue weighted by molar-refractivity contribution is 0.0946. The summed E-state index contributed by atoms with van der Waals surface area (Å²) in [6.45, 7) is 2.79. The fourth-order valence-corrected chi connectivity index (χ4v) is 3.31. The van der Waals surface area contributed by atoms with Gasteiger partial charge in [0, 0.05) is 21.9 Å². The van der Waals surface area contributed by atoms with Gasteiger partial charge >= 0.3 is 0 Å². The van der Waals surface area contributed by atoms with Gasteiger partial charge in [0.15, 0.2) is 0 Å². The maximum absolute atomic E-state index is 11.9. The zero-order chi connectivity index (χ0) is 13.4. The lowest BCUT2D eigenvalue weighted by atomic mass is 9.95. The highest BCUT2D eigenvalue weighted by atomic mass is 32.1. The largest absolute Gasteiger partial charge is 0.352 e. The molecule has 1 aromatic heterocycles. The molecule has 1 aliphatic rings. The number of nitrogens with two attached hydrogens (primary N) is 1. The summed E-state index contributed by atoms with van der Waals surface area (Å²) in [7, 11) is 0. The normalized spacial score (nSPS) is 15.8. The summed E-state index contributed by atoms with van der Waals surface area (Å²) in [5.74, 6) is 0.0117. The second-order valence-electron chi connectivity index (χ2n) is 4.85. The molecule has 98 valence electrons. The Labute approximate surface area is 116 Å². The Morgan fingerprint density at radius 1 is 1.32 bits per heavy atom. The molecule has 1 aliphatic heterocycles. The van der Waals surface area contributed by atoms with E-state index < -0.39 is 0 Å². The first-order valence-corrected chi connectivity index (χ1v) is 7.20. The van der Waals surface area contributed by atoms with E-state index in [1.165, 1.54) is 4.88 Å². The van der Waals surface area contributed by atoms with Crippen LogP contribution in [0.5, 0.6) is 0 Å². The standard InChI is InChI=1S/C15H16N2OS/c1-9-2-5-13(19-9)14(16)11-4-3-10-6-7-17-15(18)12(10)8-11/h2-5,8,14H,6-7,16H2,1H3,(H,17,18). The van der Waals surface area contributed by atoms with Gasteiger partial charge in [0.2, 0.25) is 0 Å². The van der Waals surface area contributed by atoms with E-state index in [1.54, 1.807) is 11.3 Å². The summed E-state index contributed by atoms with van der Waals surface area (Å²) in [5, 5.41) is 2.87. The van der Waals surface area contributed by atoms with Crippen molar-refractivity contribution in [2.45, 2.75) is 19.4 Å². The maximum Gasteiger partial charge on any atom is 0.251 e. The number of carbonyl (C=O) groups is 1. The highest BCUT2D eigenvalue weighted by Gasteiger charge is 2.19. The van der Waals surface area contributed by atoms with Crippen molar-refractivity contribution < 1.29 is 4.79 Å². The zero-order valence-electron chi connectivity index (χ0n) is 10.8. The molecule has 2 aromatic rings. The fourth-order valence-electron chi connectivity index (χ4n) is 2.41. The van der Waals surface area contributed by atoms with Gasteiger partial charge in [0.1, 0.15) is 0 Å². The Kier molecular flexibility index (Phi) is 3.12. The molecule has 19 heavy (non-hydrogen) atoms. The first-order valence-electron chi connectivity index (χ1n) is 6.38. The maximum atomic E-state index is 11.9. The molecule has 0 aliphatic carbocycles. The first-order chi connectivity index (χ1) is 9.15. The van der Waals surface area contributed by atoms with Crippen LogP contribution in [-0.4, -0.2) is 12.5 Å². The Bertz CT molecular complexity index is 633. The van der Waals surface area contributed by atoms with Crippen LogP contribution >= 0.6 is 11.3 Å². The van der Waals surface area contributed by atoms with Crippen molar-refractivity contribution in [2.24, 2.45) is 5.73 Å². The Hall–Kier alpha value is -1.65. The van der Waals surface area contributed by atoms with Gasteiger partial charge in [-0.15, -0.1) is 11.3 Å². The lowest BCUT2D eigenvalue weighted by Crippen LogP contribution is -2.32. The third-order valence-corrected chi connectivity index (χ3v) is 4.57. The van der Waals surface area contributed by atoms with E-state index in [1.807, 2.05) is 18.2 Å². The molecule has 1 amide bonds. The zero-order valence-corrected chi connectivity index (χ0v) is 11.6. The Morgan fingerprint density at radius 2 is 2.16 bits per heavy atom. The molecule has 0 saturated heterocycles. The number of fused-ring (bicyclic) bond motifs is 1. The molecule has 2 heterocycles. The topological polar surface area (TPSA) is 55.1 Å². The van der Waals surface area contributed by atoms with Crippen LogP contribution in [0.2, 0.25) is 0 Å². The molecular weight excluding hydrogens is 256 g/mol. The molecule has 3 rings (SSSR count). The van der Waals surface area contributed by atoms with Crippen molar-refractivity contribution in [2.75, 3.05) is 6.54 Å². The van der Waals surface area contributed by atoms with Crippen LogP contribution in [-0.2, 0) is 6.42 Å². The van der Waals surface area contributed by atoms with Crippen molar-refractivity contribution in [1.29, 1.82) is 0 Å². The van der Waals surface area contributed by atoms with Crippen LogP contribution in [0.4, 0.5) is 0 Å². The third kappa shape index (κ3) is 2.29. The summed E-state index contributed by atoms with van der Waals surface area (Å²) >= 11 is 1.70. The minimum atomic E-state index is -0.154. The monoisotopic (exact) mass is 272 g/mol. The van der Waals surface area contributed by atoms with Gasteiger partial charge < -0.3 is 11.1 Å². The van der Waals surface area contributed by atoms with Gasteiger partial charge in [-0.05, 0) is 42.7 Å². The molecule has 0 radical (unpaired) electrons. The number of carbonyl (C=O) groups excluding carboxylic acids is 1. The average molecular weight is 272 g/mol. The van der Waals surface area contributed by atoms with E-state index in [0.717, 1.165) is 34.5 Å². The van der Waals surface area contributed by atoms with Gasteiger partial charge in [-0.1, -0.05) is 12.1 Å². The SMILES string of the molecule is Cc1ccc(C(N)c2ccc3c(c2)C(=O)NCC3)s1. The molecule has 1 aromatic carbocycles. The molecule has 0 spiro atoms. The van der Waals surface area contributed by atoms with Crippen LogP contribution in [0, 0.1) is 6.92 Å². The average Bonchev–Trinajstić information content (AvgIpc) is 2.85. The second kappa shape index (κ2) is 4.79. The third-order valence-electron chi connectivity index (χ3n) is 3.49. The minimum Gasteiger partial charge on any atom is -0.352 e. The molecule has 3 N–H and O–H groups in total. The van der Waals surface area contributed by atoms with Crippen LogP contribution < -0.4 is 11.1 Å². The van der Waals surface area contributed by atoms with Crippen molar-refractivity contribution in [3.05, 3.63) is 56.8 Å². The van der Waals surface area contributed by atoms with E-state index in [0.29, 0.717) is 0 Å². The number of rotatable bonds is 2. The summed E-state index contributed by atoms with van der Waals surface area (Å²) in [6, 6.07) is 9.98. The fraction of sp³-hybridized carbons (Fsp3) is 0.267. The van der Waals surface area contributed by atoms with Crippen LogP contribution in [0.3, 0.4) is 0 Å². The highest BCUT2D eigenvalue weighted by Crippen LogP contribution is 2.28. The summed E-state index contributed by atoms with van der Waals surface area (Å²) in [5.41, 5.74) is 9.17. The summed E-state index contributed by atoms with van der Waals surface area (Å²) in [4.78, 5) is 14.2. The van der Waals surface area contributed by atoms with Crippen LogP contribution in [0.25, 0.3) is 0 Å². The van der Waals surface area contributed by atoms with Crippen molar-refractivity contribution in [1.82, 2.24) is 5.32 Å². The summed E-state index contributed by atoms with van der Waals surface area (Å²) in [6.07, 6.45) is 0.898. The molecule has 3 nitrogen and oxygen atoms in total. The smallest absolute Gasteiger partial charge is 0.251 e. The number of amides is 1. The number of aryl methyl sites for hydroxylation is 1. The highest BCUT2D eigenvalue weighted by molar-refractivity contribution is 7.12. The quantitative estimate of drug-likeness (QED) is 0.882. The predicted octanol–water partition coefficient (Wildman–Crippen LogP) is 2.39. The number of benzene rings is 1. The summed E-state index contributed by atoms with van der Waals surface area (Å²) < 4.78 is 0. The van der Waals surface area contributed by atoms with E-state index in [9.17, 15) is 4.79 Å². The molecular formula is C15H16N2OS. The lowest BCUT2D eigenvalue weighted by Gasteiger charge is -2.19. The van der Waals surface area contributed by atoms with E-state index in [2.05, 4.69) is 24.4 Å². The van der Waals surface area contributed by atoms with Gasteiger partial charge in [0.05, 0.1) is 6.04 Å². The van der Waals surface area contributed by atoms with Crippen molar-refractivity contribution in [3.63, 3.8) is 0 Å².